The molecule has 0 N–H and O–H groups in total. The average molecular weight is 213 g/mol. The van der Waals surface area contributed by atoms with Crippen LogP contribution in [0.4, 0.5) is 0 Å². The molecule has 0 saturated heterocycles. The summed E-state index contributed by atoms with van der Waals surface area (Å²) < 4.78 is 2.28. The Morgan fingerprint density at radius 1 is 1.38 bits per heavy atom. The molecule has 0 fully saturated rings. The minimum atomic E-state index is 0.755. The van der Waals surface area contributed by atoms with E-state index >= 15 is 0 Å². The van der Waals surface area contributed by atoms with Crippen LogP contribution in [0.3, 0.4) is 0 Å². The third-order valence-corrected chi connectivity index (χ3v) is 2.48. The van der Waals surface area contributed by atoms with Crippen LogP contribution in [0, 0.1) is 0 Å². The van der Waals surface area contributed by atoms with Crippen molar-refractivity contribution in [3.8, 4) is 0 Å². The molecule has 0 aliphatic heterocycles. The van der Waals surface area contributed by atoms with Crippen molar-refractivity contribution in [1.29, 1.82) is 0 Å². The molecule has 2 aromatic heterocycles. The second kappa shape index (κ2) is 3.68. The second-order valence-electron chi connectivity index (χ2n) is 2.23. The van der Waals surface area contributed by atoms with Crippen LogP contribution in [0.25, 0.3) is 0 Å². The molecule has 6 heteroatoms. The lowest BCUT2D eigenvalue weighted by atomic mass is 10.5. The van der Waals surface area contributed by atoms with E-state index in [9.17, 15) is 0 Å². The molecule has 66 valence electrons. The summed E-state index contributed by atoms with van der Waals surface area (Å²) in [5.41, 5.74) is 0. The van der Waals surface area contributed by atoms with Gasteiger partial charge in [0.2, 0.25) is 0 Å². The van der Waals surface area contributed by atoms with Gasteiger partial charge in [0.25, 0.3) is 0 Å². The zero-order valence-corrected chi connectivity index (χ0v) is 8.03. The van der Waals surface area contributed by atoms with E-state index in [1.807, 2.05) is 12.1 Å². The molecular weight excluding hydrogens is 208 g/mol. The summed E-state index contributed by atoms with van der Waals surface area (Å²) in [5.74, 6) is 0. The first-order valence-electron chi connectivity index (χ1n) is 3.49. The maximum absolute atomic E-state index is 5.75. The summed E-state index contributed by atoms with van der Waals surface area (Å²) in [4.78, 5) is 0.999. The van der Waals surface area contributed by atoms with Crippen LogP contribution in [-0.2, 0) is 0 Å². The molecule has 0 bridgehead atoms. The van der Waals surface area contributed by atoms with Gasteiger partial charge in [-0.2, -0.15) is 5.10 Å². The van der Waals surface area contributed by atoms with Gasteiger partial charge in [0, 0.05) is 4.88 Å². The molecule has 0 unspecified atom stereocenters. The van der Waals surface area contributed by atoms with Crippen LogP contribution >= 0.6 is 22.9 Å². The number of hydrogen-bond acceptors (Lipinski definition) is 4. The Balaban J connectivity index is 2.14. The van der Waals surface area contributed by atoms with Crippen molar-refractivity contribution in [1.82, 2.24) is 14.9 Å². The normalized spacial score (nSPS) is 11.2. The monoisotopic (exact) mass is 212 g/mol. The molecule has 0 amide bonds. The van der Waals surface area contributed by atoms with Gasteiger partial charge >= 0.3 is 0 Å². The molecule has 0 atom stereocenters. The standard InChI is InChI=1S/C7H5ClN4S/c8-7-2-1-6(13-7)3-11-12-4-9-10-5-12/h1-5H. The lowest BCUT2D eigenvalue weighted by molar-refractivity contribution is 0.879. The summed E-state index contributed by atoms with van der Waals surface area (Å²) in [6.45, 7) is 0. The van der Waals surface area contributed by atoms with E-state index in [0.717, 1.165) is 9.21 Å². The Kier molecular flexibility index (Phi) is 2.37. The summed E-state index contributed by atoms with van der Waals surface area (Å²) in [6, 6.07) is 3.74. The Bertz CT molecular complexity index is 406. The highest BCUT2D eigenvalue weighted by Gasteiger charge is 1.93. The molecule has 0 spiro atoms. The van der Waals surface area contributed by atoms with Gasteiger partial charge in [-0.3, -0.25) is 0 Å². The van der Waals surface area contributed by atoms with E-state index in [4.69, 9.17) is 11.6 Å². The van der Waals surface area contributed by atoms with Crippen LogP contribution in [0.1, 0.15) is 4.88 Å². The Morgan fingerprint density at radius 2 is 2.15 bits per heavy atom. The van der Waals surface area contributed by atoms with Crippen LogP contribution in [-0.4, -0.2) is 21.1 Å². The van der Waals surface area contributed by atoms with E-state index in [1.54, 1.807) is 6.21 Å². The van der Waals surface area contributed by atoms with Gasteiger partial charge < -0.3 is 0 Å². The molecule has 0 saturated carbocycles. The third-order valence-electron chi connectivity index (χ3n) is 1.32. The Hall–Kier alpha value is -1.20. The van der Waals surface area contributed by atoms with Crippen molar-refractivity contribution >= 4 is 29.2 Å². The van der Waals surface area contributed by atoms with Crippen LogP contribution in [0.5, 0.6) is 0 Å². The molecule has 4 nitrogen and oxygen atoms in total. The number of rotatable bonds is 2. The van der Waals surface area contributed by atoms with Crippen molar-refractivity contribution in [2.45, 2.75) is 0 Å². The summed E-state index contributed by atoms with van der Waals surface area (Å²) in [5, 5.41) is 11.3. The Labute approximate surface area is 83.5 Å². The van der Waals surface area contributed by atoms with Gasteiger partial charge in [-0.15, -0.1) is 21.5 Å². The molecule has 2 heterocycles. The fourth-order valence-corrected chi connectivity index (χ4v) is 1.70. The van der Waals surface area contributed by atoms with Gasteiger partial charge in [0.15, 0.2) is 0 Å². The zero-order chi connectivity index (χ0) is 9.10. The SMILES string of the molecule is Clc1ccc(C=Nn2cnnc2)s1. The summed E-state index contributed by atoms with van der Waals surface area (Å²) in [6.07, 6.45) is 4.75. The highest BCUT2D eigenvalue weighted by Crippen LogP contribution is 2.19. The van der Waals surface area contributed by atoms with E-state index in [0.29, 0.717) is 0 Å². The maximum atomic E-state index is 5.75. The smallest absolute Gasteiger partial charge is 0.141 e. The fraction of sp³-hybridized carbons (Fsp3) is 0. The van der Waals surface area contributed by atoms with E-state index in [2.05, 4.69) is 15.3 Å². The number of nitrogens with zero attached hydrogens (tertiary/aromatic N) is 4. The van der Waals surface area contributed by atoms with Crippen molar-refractivity contribution in [3.05, 3.63) is 34.0 Å². The molecule has 13 heavy (non-hydrogen) atoms. The summed E-state index contributed by atoms with van der Waals surface area (Å²) in [7, 11) is 0. The lowest BCUT2D eigenvalue weighted by Crippen LogP contribution is -1.83. The number of hydrogen-bond donors (Lipinski definition) is 0. The molecule has 2 aromatic rings. The topological polar surface area (TPSA) is 43.1 Å². The largest absolute Gasteiger partial charge is 0.208 e. The zero-order valence-electron chi connectivity index (χ0n) is 6.46. The van der Waals surface area contributed by atoms with E-state index in [-0.39, 0.29) is 0 Å². The van der Waals surface area contributed by atoms with E-state index < -0.39 is 0 Å². The molecule has 0 radical (unpaired) electrons. The van der Waals surface area contributed by atoms with Crippen LogP contribution in [0.15, 0.2) is 29.9 Å². The van der Waals surface area contributed by atoms with Crippen molar-refractivity contribution in [2.75, 3.05) is 0 Å². The van der Waals surface area contributed by atoms with Crippen molar-refractivity contribution in [3.63, 3.8) is 0 Å². The molecule has 2 rings (SSSR count). The van der Waals surface area contributed by atoms with Crippen LogP contribution in [0.2, 0.25) is 4.34 Å². The predicted molar refractivity (Wildman–Crippen MR) is 52.3 cm³/mol. The minimum Gasteiger partial charge on any atom is -0.208 e. The molecule has 0 aliphatic rings. The molecule has 0 aromatic carbocycles. The number of aromatic nitrogens is 3. The van der Waals surface area contributed by atoms with Gasteiger partial charge in [-0.25, -0.2) is 4.68 Å². The van der Waals surface area contributed by atoms with Gasteiger partial charge in [-0.05, 0) is 12.1 Å². The quantitative estimate of drug-likeness (QED) is 0.714. The fourth-order valence-electron chi connectivity index (χ4n) is 0.776. The van der Waals surface area contributed by atoms with Gasteiger partial charge in [0.1, 0.15) is 12.7 Å². The highest BCUT2D eigenvalue weighted by molar-refractivity contribution is 7.17. The first kappa shape index (κ1) is 8.40. The third kappa shape index (κ3) is 2.13. The lowest BCUT2D eigenvalue weighted by Gasteiger charge is -1.85. The second-order valence-corrected chi connectivity index (χ2v) is 3.97. The first-order valence-corrected chi connectivity index (χ1v) is 4.68. The Morgan fingerprint density at radius 3 is 2.77 bits per heavy atom. The predicted octanol–water partition coefficient (Wildman–Crippen LogP) is 1.88. The first-order chi connectivity index (χ1) is 6.34. The molecular formula is C7H5ClN4S. The van der Waals surface area contributed by atoms with Crippen LogP contribution < -0.4 is 0 Å². The molecule has 0 aliphatic carbocycles. The number of halogens is 1. The maximum Gasteiger partial charge on any atom is 0.141 e. The van der Waals surface area contributed by atoms with Crippen molar-refractivity contribution in [2.24, 2.45) is 5.10 Å². The van der Waals surface area contributed by atoms with Crippen molar-refractivity contribution < 1.29 is 0 Å². The van der Waals surface area contributed by atoms with Gasteiger partial charge in [0.05, 0.1) is 10.6 Å². The highest BCUT2D eigenvalue weighted by atomic mass is 35.5. The number of thiophene rings is 1. The average Bonchev–Trinajstić information content (AvgIpc) is 2.71. The van der Waals surface area contributed by atoms with Gasteiger partial charge in [-0.1, -0.05) is 11.6 Å². The van der Waals surface area contributed by atoms with E-state index in [1.165, 1.54) is 28.7 Å². The summed E-state index contributed by atoms with van der Waals surface area (Å²) >= 11 is 7.22. The minimum absolute atomic E-state index is 0.755.